The lowest BCUT2D eigenvalue weighted by atomic mass is 9.86. The van der Waals surface area contributed by atoms with Crippen molar-refractivity contribution in [1.29, 1.82) is 0 Å². The van der Waals surface area contributed by atoms with Gasteiger partial charge in [0.25, 0.3) is 0 Å². The maximum absolute atomic E-state index is 2.35. The Labute approximate surface area is 346 Å². The molecule has 0 N–H and O–H groups in total. The van der Waals surface area contributed by atoms with Crippen LogP contribution in [0.5, 0.6) is 0 Å². The van der Waals surface area contributed by atoms with Crippen molar-refractivity contribution in [2.24, 2.45) is 0 Å². The number of benzene rings is 10. The van der Waals surface area contributed by atoms with Crippen LogP contribution in [-0.4, -0.2) is 0 Å². The normalized spacial score (nSPS) is 11.5. The van der Waals surface area contributed by atoms with Crippen molar-refractivity contribution in [2.75, 3.05) is 4.90 Å². The second kappa shape index (κ2) is 15.5. The van der Waals surface area contributed by atoms with E-state index in [0.717, 1.165) is 17.1 Å². The van der Waals surface area contributed by atoms with Gasteiger partial charge in [0, 0.05) is 17.1 Å². The van der Waals surface area contributed by atoms with Gasteiger partial charge in [-0.05, 0) is 144 Å². The number of rotatable bonds is 8. The van der Waals surface area contributed by atoms with Crippen LogP contribution >= 0.6 is 0 Å². The molecule has 10 rings (SSSR count). The van der Waals surface area contributed by atoms with E-state index in [9.17, 15) is 0 Å². The zero-order valence-corrected chi connectivity index (χ0v) is 33.3. The highest BCUT2D eigenvalue weighted by Gasteiger charge is 2.18. The third kappa shape index (κ3) is 7.09. The van der Waals surface area contributed by atoms with Crippen LogP contribution in [0.2, 0.25) is 0 Å². The van der Waals surface area contributed by atoms with E-state index in [1.165, 1.54) is 88.0 Å². The van der Waals surface area contributed by atoms with Gasteiger partial charge in [-0.1, -0.05) is 182 Å². The van der Waals surface area contributed by atoms with Crippen molar-refractivity contribution in [3.63, 3.8) is 0 Å². The lowest BCUT2D eigenvalue weighted by Crippen LogP contribution is -2.10. The van der Waals surface area contributed by atoms with Gasteiger partial charge in [0.15, 0.2) is 0 Å². The Bertz CT molecular complexity index is 3050. The first-order valence-corrected chi connectivity index (χ1v) is 20.4. The van der Waals surface area contributed by atoms with E-state index < -0.39 is 0 Å². The number of hydrogen-bond acceptors (Lipinski definition) is 1. The highest BCUT2D eigenvalue weighted by molar-refractivity contribution is 6.21. The number of aryl methyl sites for hydroxylation is 2. The Morgan fingerprint density at radius 2 is 0.729 bits per heavy atom. The summed E-state index contributed by atoms with van der Waals surface area (Å²) in [5.74, 6) is 0. The number of nitrogens with zero attached hydrogens (tertiary/aromatic N) is 1. The molecule has 10 aromatic carbocycles. The molecule has 0 aliphatic heterocycles. The van der Waals surface area contributed by atoms with Gasteiger partial charge in [-0.15, -0.1) is 0 Å². The Morgan fingerprint density at radius 1 is 0.305 bits per heavy atom. The lowest BCUT2D eigenvalue weighted by Gasteiger charge is -2.26. The molecule has 280 valence electrons. The first-order valence-electron chi connectivity index (χ1n) is 20.4. The number of fused-ring (bicyclic) bond motifs is 3. The summed E-state index contributed by atoms with van der Waals surface area (Å²) in [6.07, 6.45) is 4.40. The van der Waals surface area contributed by atoms with E-state index in [-0.39, 0.29) is 0 Å². The second-order valence-corrected chi connectivity index (χ2v) is 15.5. The summed E-state index contributed by atoms with van der Waals surface area (Å²) < 4.78 is 0. The molecule has 0 bridgehead atoms. The summed E-state index contributed by atoms with van der Waals surface area (Å²) in [5.41, 5.74) is 15.6. The van der Waals surface area contributed by atoms with Crippen molar-refractivity contribution < 1.29 is 0 Å². The van der Waals surface area contributed by atoms with Gasteiger partial charge in [-0.25, -0.2) is 0 Å². The summed E-state index contributed by atoms with van der Waals surface area (Å²) in [6, 6.07) is 77.4. The number of anilines is 3. The summed E-state index contributed by atoms with van der Waals surface area (Å²) in [6.45, 7) is 4.31. The predicted molar refractivity (Wildman–Crippen MR) is 255 cm³/mol. The average molecular weight is 754 g/mol. The maximum Gasteiger partial charge on any atom is 0.0464 e. The third-order valence-corrected chi connectivity index (χ3v) is 11.5. The smallest absolute Gasteiger partial charge is 0.0464 e. The zero-order chi connectivity index (χ0) is 39.7. The average Bonchev–Trinajstić information content (AvgIpc) is 3.28. The van der Waals surface area contributed by atoms with Gasteiger partial charge in [0.2, 0.25) is 0 Å². The summed E-state index contributed by atoms with van der Waals surface area (Å²) in [4.78, 5) is 2.35. The van der Waals surface area contributed by atoms with Crippen molar-refractivity contribution >= 4 is 61.5 Å². The van der Waals surface area contributed by atoms with E-state index >= 15 is 0 Å². The Hall–Kier alpha value is -7.48. The first kappa shape index (κ1) is 35.9. The van der Waals surface area contributed by atoms with E-state index in [1.807, 2.05) is 0 Å². The fourth-order valence-electron chi connectivity index (χ4n) is 8.62. The fourth-order valence-corrected chi connectivity index (χ4v) is 8.62. The maximum atomic E-state index is 2.35. The molecule has 10 aromatic rings. The van der Waals surface area contributed by atoms with Crippen LogP contribution < -0.4 is 4.90 Å². The molecule has 0 spiro atoms. The van der Waals surface area contributed by atoms with Crippen LogP contribution in [0.25, 0.3) is 77.9 Å². The van der Waals surface area contributed by atoms with Gasteiger partial charge in [-0.3, -0.25) is 0 Å². The summed E-state index contributed by atoms with van der Waals surface area (Å²) >= 11 is 0. The molecule has 0 aliphatic rings. The van der Waals surface area contributed by atoms with E-state index in [1.54, 1.807) is 0 Å². The van der Waals surface area contributed by atoms with Gasteiger partial charge < -0.3 is 4.90 Å². The molecule has 59 heavy (non-hydrogen) atoms. The van der Waals surface area contributed by atoms with Crippen molar-refractivity contribution in [3.8, 4) is 33.4 Å². The van der Waals surface area contributed by atoms with E-state index in [4.69, 9.17) is 0 Å². The molecule has 0 aliphatic carbocycles. The second-order valence-electron chi connectivity index (χ2n) is 15.5. The topological polar surface area (TPSA) is 3.24 Å². The van der Waals surface area contributed by atoms with Crippen LogP contribution in [0.1, 0.15) is 22.3 Å². The Kier molecular flexibility index (Phi) is 9.41. The largest absolute Gasteiger partial charge is 0.310 e. The van der Waals surface area contributed by atoms with Gasteiger partial charge >= 0.3 is 0 Å². The molecule has 0 amide bonds. The Balaban J connectivity index is 0.973. The van der Waals surface area contributed by atoms with Crippen molar-refractivity contribution in [3.05, 3.63) is 235 Å². The molecule has 1 nitrogen and oxygen atoms in total. The van der Waals surface area contributed by atoms with Gasteiger partial charge in [-0.2, -0.15) is 0 Å². The molecular weight excluding hydrogens is 711 g/mol. The molecule has 0 heterocycles. The molecule has 0 atom stereocenters. The van der Waals surface area contributed by atoms with E-state index in [0.29, 0.717) is 0 Å². The first-order chi connectivity index (χ1) is 29.1. The summed E-state index contributed by atoms with van der Waals surface area (Å²) in [7, 11) is 0. The highest BCUT2D eigenvalue weighted by Crippen LogP contribution is 2.45. The molecule has 0 saturated heterocycles. The van der Waals surface area contributed by atoms with Crippen LogP contribution in [0, 0.1) is 13.8 Å². The summed E-state index contributed by atoms with van der Waals surface area (Å²) in [5, 5.41) is 7.53. The molecule has 0 unspecified atom stereocenters. The quantitative estimate of drug-likeness (QED) is 0.110. The van der Waals surface area contributed by atoms with Crippen molar-refractivity contribution in [1.82, 2.24) is 0 Å². The molecule has 0 aromatic heterocycles. The minimum absolute atomic E-state index is 1.13. The monoisotopic (exact) mass is 753 g/mol. The Morgan fingerprint density at radius 3 is 1.22 bits per heavy atom. The third-order valence-electron chi connectivity index (χ3n) is 11.5. The van der Waals surface area contributed by atoms with Gasteiger partial charge in [0.05, 0.1) is 0 Å². The molecule has 1 heteroatoms. The fraction of sp³-hybridized carbons (Fsp3) is 0.0345. The molecule has 0 saturated carbocycles. The lowest BCUT2D eigenvalue weighted by molar-refractivity contribution is 1.26. The standard InChI is InChI=1S/C58H43N/c1-40-11-9-15-51(37-40)59(52-16-10-12-41(2)38-52)50-35-33-47(34-36-50)58-55-19-7-5-17-53(55)57(54-18-6-8-20-56(54)58)46-29-25-43(26-30-46)22-21-42-23-27-45(28-24-42)49-32-31-44-13-3-4-14-48(44)39-49/h3-39H,1-2H3. The highest BCUT2D eigenvalue weighted by atomic mass is 15.1. The number of hydrogen-bond donors (Lipinski definition) is 0. The SMILES string of the molecule is Cc1cccc(N(c2ccc(-c3c4ccccc4c(-c4ccc(C=Cc5ccc(-c6ccc7ccccc7c6)cc5)cc4)c4ccccc34)cc2)c2cccc(C)c2)c1. The van der Waals surface area contributed by atoms with Gasteiger partial charge in [0.1, 0.15) is 0 Å². The molecule has 0 radical (unpaired) electrons. The predicted octanol–water partition coefficient (Wildman–Crippen LogP) is 16.4. The minimum atomic E-state index is 1.13. The molecule has 0 fully saturated rings. The van der Waals surface area contributed by atoms with Crippen LogP contribution in [0.3, 0.4) is 0 Å². The van der Waals surface area contributed by atoms with Crippen LogP contribution in [-0.2, 0) is 0 Å². The van der Waals surface area contributed by atoms with Crippen LogP contribution in [0.15, 0.2) is 212 Å². The van der Waals surface area contributed by atoms with Crippen LogP contribution in [0.4, 0.5) is 17.1 Å². The van der Waals surface area contributed by atoms with Crippen molar-refractivity contribution in [2.45, 2.75) is 13.8 Å². The molecular formula is C58H43N. The zero-order valence-electron chi connectivity index (χ0n) is 33.3. The van der Waals surface area contributed by atoms with E-state index in [2.05, 4.69) is 243 Å². The minimum Gasteiger partial charge on any atom is -0.310 e.